The van der Waals surface area contributed by atoms with E-state index in [2.05, 4.69) is 4.98 Å². The first-order valence-electron chi connectivity index (χ1n) is 6.92. The second-order valence-corrected chi connectivity index (χ2v) is 5.17. The Labute approximate surface area is 127 Å². The number of imidazole rings is 1. The second kappa shape index (κ2) is 5.52. The summed E-state index contributed by atoms with van der Waals surface area (Å²) in [7, 11) is 1.61. The molecule has 5 heteroatoms. The molecule has 0 radical (unpaired) electrons. The number of fused-ring (bicyclic) bond motifs is 1. The van der Waals surface area contributed by atoms with Crippen molar-refractivity contribution in [2.24, 2.45) is 0 Å². The predicted octanol–water partition coefficient (Wildman–Crippen LogP) is 2.94. The van der Waals surface area contributed by atoms with E-state index >= 15 is 0 Å². The minimum absolute atomic E-state index is 0.214. The van der Waals surface area contributed by atoms with Crippen LogP contribution in [0.1, 0.15) is 27.3 Å². The molecule has 1 aromatic carbocycles. The van der Waals surface area contributed by atoms with E-state index in [9.17, 15) is 9.90 Å². The van der Waals surface area contributed by atoms with Gasteiger partial charge in [-0.15, -0.1) is 0 Å². The fourth-order valence-electron chi connectivity index (χ4n) is 2.48. The highest BCUT2D eigenvalue weighted by Crippen LogP contribution is 2.19. The van der Waals surface area contributed by atoms with Crippen LogP contribution < -0.4 is 4.74 Å². The first kappa shape index (κ1) is 14.1. The lowest BCUT2D eigenvalue weighted by atomic mass is 10.1. The number of pyridine rings is 1. The highest BCUT2D eigenvalue weighted by atomic mass is 16.5. The van der Waals surface area contributed by atoms with E-state index in [-0.39, 0.29) is 5.69 Å². The number of methoxy groups -OCH3 is 1. The number of benzene rings is 1. The van der Waals surface area contributed by atoms with Gasteiger partial charge in [0.25, 0.3) is 0 Å². The van der Waals surface area contributed by atoms with Crippen LogP contribution in [0, 0.1) is 6.92 Å². The second-order valence-electron chi connectivity index (χ2n) is 5.17. The summed E-state index contributed by atoms with van der Waals surface area (Å²) < 4.78 is 6.75. The molecule has 3 aromatic rings. The largest absolute Gasteiger partial charge is 0.497 e. The highest BCUT2D eigenvalue weighted by molar-refractivity contribution is 5.88. The number of aromatic nitrogens is 2. The van der Waals surface area contributed by atoms with Crippen molar-refractivity contribution in [3.63, 3.8) is 0 Å². The Morgan fingerprint density at radius 3 is 2.64 bits per heavy atom. The normalized spacial score (nSPS) is 10.8. The molecule has 22 heavy (non-hydrogen) atoms. The molecule has 0 fully saturated rings. The Balaban J connectivity index is 2.05. The molecule has 0 aliphatic rings. The lowest BCUT2D eigenvalue weighted by Gasteiger charge is -2.03. The quantitative estimate of drug-likeness (QED) is 0.804. The summed E-state index contributed by atoms with van der Waals surface area (Å²) in [6.45, 7) is 1.96. The molecular weight excluding hydrogens is 280 g/mol. The number of hydrogen-bond donors (Lipinski definition) is 1. The third-order valence-electron chi connectivity index (χ3n) is 3.59. The number of carboxylic acid groups (broad SMARTS) is 1. The van der Waals surface area contributed by atoms with Crippen molar-refractivity contribution in [3.05, 3.63) is 65.1 Å². The summed E-state index contributed by atoms with van der Waals surface area (Å²) >= 11 is 0. The van der Waals surface area contributed by atoms with Crippen molar-refractivity contribution in [2.45, 2.75) is 13.3 Å². The molecule has 112 valence electrons. The van der Waals surface area contributed by atoms with Gasteiger partial charge in [0.2, 0.25) is 0 Å². The van der Waals surface area contributed by atoms with E-state index < -0.39 is 5.97 Å². The van der Waals surface area contributed by atoms with Crippen molar-refractivity contribution in [1.82, 2.24) is 9.38 Å². The molecule has 3 rings (SSSR count). The van der Waals surface area contributed by atoms with Gasteiger partial charge in [-0.05, 0) is 42.3 Å². The zero-order valence-corrected chi connectivity index (χ0v) is 12.4. The lowest BCUT2D eigenvalue weighted by Crippen LogP contribution is -2.06. The number of nitrogens with zero attached hydrogens (tertiary/aromatic N) is 2. The van der Waals surface area contributed by atoms with E-state index in [0.717, 1.165) is 16.9 Å². The Hall–Kier alpha value is -2.82. The standard InChI is InChI=1S/C17H16N2O3/c1-11-7-8-19-15(9-11)18-14(16(19)17(20)21)10-12-3-5-13(22-2)6-4-12/h3-9H,10H2,1-2H3,(H,20,21). The van der Waals surface area contributed by atoms with Crippen LogP contribution in [0.3, 0.4) is 0 Å². The molecule has 0 unspecified atom stereocenters. The minimum atomic E-state index is -0.972. The van der Waals surface area contributed by atoms with Crippen molar-refractivity contribution >= 4 is 11.6 Å². The van der Waals surface area contributed by atoms with E-state index in [4.69, 9.17) is 4.74 Å². The molecule has 0 aliphatic carbocycles. The average molecular weight is 296 g/mol. The Kier molecular flexibility index (Phi) is 3.55. The highest BCUT2D eigenvalue weighted by Gasteiger charge is 2.18. The van der Waals surface area contributed by atoms with Crippen LogP contribution in [-0.4, -0.2) is 27.6 Å². The molecule has 5 nitrogen and oxygen atoms in total. The summed E-state index contributed by atoms with van der Waals surface area (Å²) in [6, 6.07) is 11.3. The molecule has 0 aliphatic heterocycles. The first-order valence-corrected chi connectivity index (χ1v) is 6.92. The zero-order chi connectivity index (χ0) is 15.7. The van der Waals surface area contributed by atoms with Crippen LogP contribution in [0.2, 0.25) is 0 Å². The topological polar surface area (TPSA) is 63.8 Å². The Morgan fingerprint density at radius 2 is 2.00 bits per heavy atom. The van der Waals surface area contributed by atoms with Gasteiger partial charge in [0.05, 0.1) is 12.8 Å². The zero-order valence-electron chi connectivity index (χ0n) is 12.4. The van der Waals surface area contributed by atoms with Gasteiger partial charge in [-0.2, -0.15) is 0 Å². The Morgan fingerprint density at radius 1 is 1.27 bits per heavy atom. The smallest absolute Gasteiger partial charge is 0.354 e. The van der Waals surface area contributed by atoms with E-state index in [1.165, 1.54) is 0 Å². The molecule has 0 atom stereocenters. The van der Waals surface area contributed by atoms with Crippen molar-refractivity contribution < 1.29 is 14.6 Å². The van der Waals surface area contributed by atoms with Crippen LogP contribution in [0.4, 0.5) is 0 Å². The molecule has 2 aromatic heterocycles. The SMILES string of the molecule is COc1ccc(Cc2nc3cc(C)ccn3c2C(=O)O)cc1. The summed E-state index contributed by atoms with van der Waals surface area (Å²) in [6.07, 6.45) is 2.21. The molecule has 0 saturated carbocycles. The van der Waals surface area contributed by atoms with Gasteiger partial charge >= 0.3 is 5.97 Å². The van der Waals surface area contributed by atoms with Crippen molar-refractivity contribution in [2.75, 3.05) is 7.11 Å². The molecule has 1 N–H and O–H groups in total. The van der Waals surface area contributed by atoms with Gasteiger partial charge in [0, 0.05) is 12.6 Å². The van der Waals surface area contributed by atoms with E-state index in [0.29, 0.717) is 17.8 Å². The summed E-state index contributed by atoms with van der Waals surface area (Å²) in [5.74, 6) is -0.201. The van der Waals surface area contributed by atoms with Crippen molar-refractivity contribution in [1.29, 1.82) is 0 Å². The van der Waals surface area contributed by atoms with Gasteiger partial charge in [0.15, 0.2) is 5.69 Å². The number of carbonyl (C=O) groups is 1. The molecule has 0 bridgehead atoms. The van der Waals surface area contributed by atoms with Crippen LogP contribution >= 0.6 is 0 Å². The fourth-order valence-corrected chi connectivity index (χ4v) is 2.48. The van der Waals surface area contributed by atoms with Gasteiger partial charge in [-0.25, -0.2) is 9.78 Å². The lowest BCUT2D eigenvalue weighted by molar-refractivity contribution is 0.0688. The number of ether oxygens (including phenoxy) is 1. The number of hydrogen-bond acceptors (Lipinski definition) is 3. The first-order chi connectivity index (χ1) is 10.6. The Bertz CT molecular complexity index is 835. The van der Waals surface area contributed by atoms with Gasteiger partial charge in [-0.3, -0.25) is 4.40 Å². The number of aryl methyl sites for hydroxylation is 1. The number of aromatic carboxylic acids is 1. The predicted molar refractivity (Wildman–Crippen MR) is 82.7 cm³/mol. The summed E-state index contributed by atoms with van der Waals surface area (Å²) in [5.41, 5.74) is 3.46. The summed E-state index contributed by atoms with van der Waals surface area (Å²) in [4.78, 5) is 16.1. The fraction of sp³-hybridized carbons (Fsp3) is 0.176. The molecule has 0 saturated heterocycles. The molecule has 0 amide bonds. The average Bonchev–Trinajstić information content (AvgIpc) is 2.85. The maximum absolute atomic E-state index is 11.6. The maximum Gasteiger partial charge on any atom is 0.354 e. The maximum atomic E-state index is 11.6. The monoisotopic (exact) mass is 296 g/mol. The van der Waals surface area contributed by atoms with Crippen LogP contribution in [-0.2, 0) is 6.42 Å². The van der Waals surface area contributed by atoms with Crippen molar-refractivity contribution in [3.8, 4) is 5.75 Å². The molecular formula is C17H16N2O3. The minimum Gasteiger partial charge on any atom is -0.497 e. The third-order valence-corrected chi connectivity index (χ3v) is 3.59. The van der Waals surface area contributed by atoms with E-state index in [1.54, 1.807) is 17.7 Å². The van der Waals surface area contributed by atoms with Crippen LogP contribution in [0.5, 0.6) is 5.75 Å². The van der Waals surface area contributed by atoms with Gasteiger partial charge < -0.3 is 9.84 Å². The van der Waals surface area contributed by atoms with Gasteiger partial charge in [0.1, 0.15) is 11.4 Å². The molecule has 2 heterocycles. The number of carboxylic acids is 1. The molecule has 0 spiro atoms. The van der Waals surface area contributed by atoms with E-state index in [1.807, 2.05) is 43.3 Å². The third kappa shape index (κ3) is 2.53. The van der Waals surface area contributed by atoms with Crippen LogP contribution in [0.25, 0.3) is 5.65 Å². The summed E-state index contributed by atoms with van der Waals surface area (Å²) in [5, 5.41) is 9.50. The van der Waals surface area contributed by atoms with Gasteiger partial charge in [-0.1, -0.05) is 12.1 Å². The van der Waals surface area contributed by atoms with Crippen LogP contribution in [0.15, 0.2) is 42.6 Å². The number of rotatable bonds is 4.